The maximum Gasteiger partial charge on any atom is 0.338 e. The van der Waals surface area contributed by atoms with Gasteiger partial charge in [0.25, 0.3) is 0 Å². The van der Waals surface area contributed by atoms with Crippen molar-refractivity contribution in [3.05, 3.63) is 72.7 Å². The summed E-state index contributed by atoms with van der Waals surface area (Å²) in [6, 6.07) is -0.413. The molecule has 0 radical (unpaired) electrons. The first-order valence-electron chi connectivity index (χ1n) is 14.8. The van der Waals surface area contributed by atoms with E-state index in [0.717, 1.165) is 50.8 Å². The van der Waals surface area contributed by atoms with Crippen molar-refractivity contribution in [2.24, 2.45) is 16.8 Å². The number of aromatic carboxylic acids is 1. The molecule has 10 nitrogen and oxygen atoms in total. The predicted molar refractivity (Wildman–Crippen MR) is 170 cm³/mol. The number of hydrogen-bond acceptors (Lipinski definition) is 4. The summed E-state index contributed by atoms with van der Waals surface area (Å²) in [7, 11) is 0. The topological polar surface area (TPSA) is 172 Å². The van der Waals surface area contributed by atoms with E-state index in [2.05, 4.69) is 34.5 Å². The Hall–Kier alpha value is -4.86. The van der Waals surface area contributed by atoms with Crippen LogP contribution in [0.2, 0.25) is 0 Å². The highest BCUT2D eigenvalue weighted by atomic mass is 16.4. The summed E-state index contributed by atoms with van der Waals surface area (Å²) < 4.78 is 0. The first kappa shape index (κ1) is 30.6. The van der Waals surface area contributed by atoms with Gasteiger partial charge in [-0.3, -0.25) is 14.6 Å². The van der Waals surface area contributed by atoms with E-state index in [0.29, 0.717) is 16.6 Å². The van der Waals surface area contributed by atoms with Crippen LogP contribution in [0.25, 0.3) is 29.9 Å². The third-order valence-electron chi connectivity index (χ3n) is 9.21. The zero-order chi connectivity index (χ0) is 32.0. The van der Waals surface area contributed by atoms with Crippen molar-refractivity contribution in [3.63, 3.8) is 0 Å². The van der Waals surface area contributed by atoms with Crippen LogP contribution in [0.5, 0.6) is 0 Å². The summed E-state index contributed by atoms with van der Waals surface area (Å²) in [6.45, 7) is 13.8. The van der Waals surface area contributed by atoms with E-state index >= 15 is 0 Å². The number of aliphatic carboxylic acids is 2. The van der Waals surface area contributed by atoms with Gasteiger partial charge in [-0.1, -0.05) is 26.5 Å². The van der Waals surface area contributed by atoms with Crippen molar-refractivity contribution in [1.82, 2.24) is 15.0 Å². The van der Waals surface area contributed by atoms with Crippen LogP contribution in [-0.4, -0.2) is 59.9 Å². The number of rotatable bonds is 8. The first-order chi connectivity index (χ1) is 20.9. The Morgan fingerprint density at radius 2 is 1.64 bits per heavy atom. The summed E-state index contributed by atoms with van der Waals surface area (Å²) in [4.78, 5) is 51.9. The minimum absolute atomic E-state index is 0.0234. The van der Waals surface area contributed by atoms with Crippen LogP contribution in [0.4, 0.5) is 0 Å². The molecule has 5 heterocycles. The van der Waals surface area contributed by atoms with Gasteiger partial charge in [-0.25, -0.2) is 4.79 Å². The molecule has 3 aromatic rings. The molecule has 0 aromatic carbocycles. The van der Waals surface area contributed by atoms with Crippen molar-refractivity contribution in [2.45, 2.75) is 66.3 Å². The van der Waals surface area contributed by atoms with E-state index in [1.54, 1.807) is 6.92 Å². The fourth-order valence-corrected chi connectivity index (χ4v) is 6.80. The number of fused-ring (bicyclic) bond motifs is 7. The summed E-state index contributed by atoms with van der Waals surface area (Å²) in [5.74, 6) is -3.89. The van der Waals surface area contributed by atoms with E-state index in [-0.39, 0.29) is 35.2 Å². The van der Waals surface area contributed by atoms with Crippen LogP contribution in [0.1, 0.15) is 82.7 Å². The Kier molecular flexibility index (Phi) is 8.11. The lowest BCUT2D eigenvalue weighted by Crippen LogP contribution is -2.29. The lowest BCUT2D eigenvalue weighted by atomic mass is 9.81. The van der Waals surface area contributed by atoms with E-state index < -0.39 is 36.3 Å². The summed E-state index contributed by atoms with van der Waals surface area (Å²) in [5, 5.41) is 32.4. The van der Waals surface area contributed by atoms with Gasteiger partial charge in [0.05, 0.1) is 23.4 Å². The highest BCUT2D eigenvalue weighted by Crippen LogP contribution is 2.36. The second-order valence-electron chi connectivity index (χ2n) is 11.7. The lowest BCUT2D eigenvalue weighted by molar-refractivity contribution is -0.137. The Morgan fingerprint density at radius 1 is 0.932 bits per heavy atom. The molecular formula is C34H38N4O6. The Labute approximate surface area is 254 Å². The number of carboxylic acids is 3. The molecule has 44 heavy (non-hydrogen) atoms. The molecule has 1 unspecified atom stereocenters. The molecule has 2 aliphatic heterocycles. The third-order valence-corrected chi connectivity index (χ3v) is 9.21. The normalized spacial score (nSPS) is 20.6. The molecule has 0 fully saturated rings. The van der Waals surface area contributed by atoms with Crippen LogP contribution in [0.15, 0.2) is 11.6 Å². The minimum atomic E-state index is -1.19. The number of nitrogens with zero attached hydrogens (tertiary/aromatic N) is 1. The third kappa shape index (κ3) is 5.25. The maximum absolute atomic E-state index is 12.7. The maximum atomic E-state index is 12.7. The SMILES string of the molecule is C=Cc1c(C)/c2[nH]/c1=C\c1[nH]c(c(CC)c1C)C=c1[nH]c(c(C(=O)O)c1C)=C(CC(=O)O)C1=NC(/C=2)[C@@H](C)[C@@H]1CCC(=O)O. The average molecular weight is 599 g/mol. The van der Waals surface area contributed by atoms with Crippen molar-refractivity contribution in [3.8, 4) is 0 Å². The van der Waals surface area contributed by atoms with Crippen LogP contribution in [-0.2, 0) is 16.0 Å². The molecule has 0 amide bonds. The van der Waals surface area contributed by atoms with Gasteiger partial charge in [0.2, 0.25) is 0 Å². The van der Waals surface area contributed by atoms with E-state index in [1.807, 2.05) is 39.0 Å². The molecule has 0 aliphatic carbocycles. The molecule has 230 valence electrons. The fourth-order valence-electron chi connectivity index (χ4n) is 6.80. The highest BCUT2D eigenvalue weighted by molar-refractivity contribution is 6.23. The van der Waals surface area contributed by atoms with Crippen LogP contribution >= 0.6 is 0 Å². The zero-order valence-electron chi connectivity index (χ0n) is 25.6. The van der Waals surface area contributed by atoms with Gasteiger partial charge in [0.15, 0.2) is 0 Å². The number of carboxylic acid groups (broad SMARTS) is 3. The number of aromatic nitrogens is 3. The minimum Gasteiger partial charge on any atom is -0.481 e. The lowest BCUT2D eigenvalue weighted by Gasteiger charge is -2.20. The number of carbonyl (C=O) groups is 3. The second-order valence-corrected chi connectivity index (χ2v) is 11.7. The molecule has 0 spiro atoms. The molecule has 10 heteroatoms. The van der Waals surface area contributed by atoms with Crippen molar-refractivity contribution in [2.75, 3.05) is 0 Å². The fraction of sp³-hybridized carbons (Fsp3) is 0.353. The Morgan fingerprint density at radius 3 is 2.25 bits per heavy atom. The molecule has 8 bridgehead atoms. The Bertz CT molecular complexity index is 2000. The highest BCUT2D eigenvalue weighted by Gasteiger charge is 2.38. The molecular weight excluding hydrogens is 560 g/mol. The average Bonchev–Trinajstić information content (AvgIpc) is 3.63. The van der Waals surface area contributed by atoms with Gasteiger partial charge in [0, 0.05) is 56.6 Å². The summed E-state index contributed by atoms with van der Waals surface area (Å²) in [6.07, 6.45) is 8.08. The molecule has 0 saturated carbocycles. The summed E-state index contributed by atoms with van der Waals surface area (Å²) in [5.41, 5.74) is 6.91. The van der Waals surface area contributed by atoms with Crippen molar-refractivity contribution < 1.29 is 29.7 Å². The quantitative estimate of drug-likeness (QED) is 0.233. The number of hydrogen-bond donors (Lipinski definition) is 6. The van der Waals surface area contributed by atoms with Gasteiger partial charge in [-0.2, -0.15) is 0 Å². The van der Waals surface area contributed by atoms with Gasteiger partial charge in [-0.05, 0) is 80.0 Å². The van der Waals surface area contributed by atoms with Crippen LogP contribution in [0, 0.1) is 32.6 Å². The summed E-state index contributed by atoms with van der Waals surface area (Å²) >= 11 is 0. The van der Waals surface area contributed by atoms with E-state index in [9.17, 15) is 29.7 Å². The predicted octanol–water partition coefficient (Wildman–Crippen LogP) is 2.52. The van der Waals surface area contributed by atoms with Crippen molar-refractivity contribution in [1.29, 1.82) is 0 Å². The largest absolute Gasteiger partial charge is 0.481 e. The molecule has 0 saturated heterocycles. The first-order valence-corrected chi connectivity index (χ1v) is 14.8. The van der Waals surface area contributed by atoms with Gasteiger partial charge >= 0.3 is 17.9 Å². The van der Waals surface area contributed by atoms with Gasteiger partial charge in [-0.15, -0.1) is 0 Å². The second kappa shape index (κ2) is 11.7. The van der Waals surface area contributed by atoms with Crippen LogP contribution < -0.4 is 21.4 Å². The van der Waals surface area contributed by atoms with Gasteiger partial charge in [0.1, 0.15) is 0 Å². The van der Waals surface area contributed by atoms with E-state index in [4.69, 9.17) is 4.99 Å². The smallest absolute Gasteiger partial charge is 0.338 e. The number of nitrogens with one attached hydrogen (secondary N) is 3. The molecule has 3 atom stereocenters. The van der Waals surface area contributed by atoms with Gasteiger partial charge < -0.3 is 30.3 Å². The number of aromatic amines is 3. The monoisotopic (exact) mass is 598 g/mol. The number of aliphatic imine (C=N–C) groups is 1. The number of H-pyrrole nitrogens is 3. The zero-order valence-corrected chi connectivity index (χ0v) is 25.6. The van der Waals surface area contributed by atoms with Crippen molar-refractivity contribution >= 4 is 53.5 Å². The molecule has 6 N–H and O–H groups in total. The van der Waals surface area contributed by atoms with Crippen LogP contribution in [0.3, 0.4) is 0 Å². The molecule has 3 aromatic heterocycles. The molecule has 5 rings (SSSR count). The molecule has 2 aliphatic rings. The Balaban J connectivity index is 1.98. The van der Waals surface area contributed by atoms with E-state index in [1.165, 1.54) is 0 Å². The standard InChI is InChI=1S/C34H38N4O6/c1-7-19-15(3)23-12-25-17(5)21(9-10-29(39)40)32(37-25)22(11-30(41)42)33-31(34(43)44)18(6)26(38-33)14-28-20(8-2)16(4)24(36-28)13-27(19)35-23/h7,12-14,17,21,25,35-36,38H,1,8-11H2,2-6H3,(H,39,40)(H,41,42)(H,43,44)/b23-12+,26-14?,27-13-,33-22?/t17-,21-,25?/m0/s1.